The summed E-state index contributed by atoms with van der Waals surface area (Å²) in [4.78, 5) is 42.7. The third-order valence-electron chi connectivity index (χ3n) is 7.08. The summed E-state index contributed by atoms with van der Waals surface area (Å²) in [5.74, 6) is -0.661. The van der Waals surface area contributed by atoms with Crippen molar-refractivity contribution in [1.82, 2.24) is 24.4 Å². The molecule has 0 radical (unpaired) electrons. The molecule has 1 aliphatic heterocycles. The number of hydrogen-bond donors (Lipinski definition) is 1. The van der Waals surface area contributed by atoms with Gasteiger partial charge in [0.2, 0.25) is 5.91 Å². The van der Waals surface area contributed by atoms with Gasteiger partial charge in [-0.05, 0) is 37.1 Å². The van der Waals surface area contributed by atoms with Gasteiger partial charge in [0, 0.05) is 31.9 Å². The molecule has 1 amide bonds. The number of benzene rings is 1. The maximum Gasteiger partial charge on any atom is 0.355 e. The van der Waals surface area contributed by atoms with Crippen LogP contribution in [-0.4, -0.2) is 70.7 Å². The monoisotopic (exact) mass is 597 g/mol. The van der Waals surface area contributed by atoms with Crippen LogP contribution in [0.2, 0.25) is 0 Å². The van der Waals surface area contributed by atoms with Crippen LogP contribution in [-0.2, 0) is 21.1 Å². The van der Waals surface area contributed by atoms with Crippen LogP contribution in [0.5, 0.6) is 0 Å². The fourth-order valence-corrected chi connectivity index (χ4v) is 6.72. The minimum Gasteiger partial charge on any atom is -0.382 e. The van der Waals surface area contributed by atoms with Gasteiger partial charge in [0.15, 0.2) is 21.3 Å². The number of nitrogens with zero attached hydrogens (tertiary/aromatic N) is 6. The number of amides is 1. The van der Waals surface area contributed by atoms with Gasteiger partial charge in [-0.15, -0.1) is 11.3 Å². The molecule has 14 heteroatoms. The average molecular weight is 598 g/mol. The van der Waals surface area contributed by atoms with E-state index in [0.717, 1.165) is 22.2 Å². The molecule has 0 bridgehead atoms. The van der Waals surface area contributed by atoms with Crippen molar-refractivity contribution in [1.29, 1.82) is 0 Å². The number of sulfone groups is 1. The number of fused-ring (bicyclic) bond motifs is 1. The number of aryl methyl sites for hydroxylation is 1. The van der Waals surface area contributed by atoms with E-state index < -0.39 is 21.3 Å². The highest BCUT2D eigenvalue weighted by atomic mass is 32.2. The standard InChI is InChI=1S/C27H28FN7O4S2/c1-5-16-8-7-9-19(41(4,38)39)22(16)35-26-17(12-18(28)21(31-26)23-24(29)30-14-40-23)25(32-27(35)37)34-11-10-33(13-15(34)3)20(36)6-2/h6-9,12,14-15H,2,5,10-11,13,29H2,1,3-4H3/t15-/m0/s1. The number of aromatic nitrogens is 4. The van der Waals surface area contributed by atoms with Crippen molar-refractivity contribution >= 4 is 49.8 Å². The number of thiazole rings is 1. The van der Waals surface area contributed by atoms with Crippen molar-refractivity contribution in [3.05, 3.63) is 64.3 Å². The van der Waals surface area contributed by atoms with Gasteiger partial charge in [0.25, 0.3) is 0 Å². The largest absolute Gasteiger partial charge is 0.382 e. The van der Waals surface area contributed by atoms with Gasteiger partial charge >= 0.3 is 5.69 Å². The van der Waals surface area contributed by atoms with Crippen LogP contribution in [0.3, 0.4) is 0 Å². The van der Waals surface area contributed by atoms with Crippen LogP contribution < -0.4 is 16.3 Å². The van der Waals surface area contributed by atoms with Gasteiger partial charge in [-0.2, -0.15) is 4.98 Å². The minimum absolute atomic E-state index is 0.0202. The molecule has 0 spiro atoms. The van der Waals surface area contributed by atoms with Crippen LogP contribution in [0.15, 0.2) is 52.1 Å². The molecule has 0 aliphatic carbocycles. The SMILES string of the molecule is C=CC(=O)N1CCN(c2nc(=O)n(-c3c(CC)cccc3S(C)(=O)=O)c3nc(-c4scnc4N)c(F)cc23)[C@@H](C)C1. The van der Waals surface area contributed by atoms with Crippen LogP contribution in [0, 0.1) is 5.82 Å². The van der Waals surface area contributed by atoms with Crippen LogP contribution >= 0.6 is 11.3 Å². The van der Waals surface area contributed by atoms with Crippen molar-refractivity contribution in [3.63, 3.8) is 0 Å². The first-order chi connectivity index (χ1) is 19.5. The predicted molar refractivity (Wildman–Crippen MR) is 157 cm³/mol. The number of hydrogen-bond acceptors (Lipinski definition) is 10. The molecule has 1 saturated heterocycles. The Labute approximate surface area is 239 Å². The van der Waals surface area contributed by atoms with Crippen LogP contribution in [0.1, 0.15) is 19.4 Å². The summed E-state index contributed by atoms with van der Waals surface area (Å²) in [5, 5.41) is 0.203. The Balaban J connectivity index is 1.85. The highest BCUT2D eigenvalue weighted by molar-refractivity contribution is 7.90. The van der Waals surface area contributed by atoms with Crippen molar-refractivity contribution in [3.8, 4) is 16.3 Å². The molecular formula is C27H28FN7O4S2. The molecule has 0 unspecified atom stereocenters. The third kappa shape index (κ3) is 4.97. The lowest BCUT2D eigenvalue weighted by atomic mass is 10.1. The number of pyridine rings is 1. The molecule has 41 heavy (non-hydrogen) atoms. The summed E-state index contributed by atoms with van der Waals surface area (Å²) in [5.41, 5.74) is 7.26. The van der Waals surface area contributed by atoms with Crippen molar-refractivity contribution < 1.29 is 17.6 Å². The molecule has 1 fully saturated rings. The topological polar surface area (TPSA) is 144 Å². The molecule has 5 rings (SSSR count). The molecule has 0 saturated carbocycles. The quantitative estimate of drug-likeness (QED) is 0.332. The first-order valence-corrected chi connectivity index (χ1v) is 15.6. The van der Waals surface area contributed by atoms with E-state index in [4.69, 9.17) is 5.73 Å². The van der Waals surface area contributed by atoms with E-state index >= 15 is 4.39 Å². The summed E-state index contributed by atoms with van der Waals surface area (Å²) < 4.78 is 42.6. The second kappa shape index (κ2) is 10.7. The number of carbonyl (C=O) groups is 1. The Morgan fingerprint density at radius 3 is 2.66 bits per heavy atom. The highest BCUT2D eigenvalue weighted by Crippen LogP contribution is 2.36. The summed E-state index contributed by atoms with van der Waals surface area (Å²) >= 11 is 1.09. The Kier molecular flexibility index (Phi) is 7.38. The molecule has 2 N–H and O–H groups in total. The number of halogens is 1. The Bertz CT molecular complexity index is 1870. The average Bonchev–Trinajstić information content (AvgIpc) is 3.36. The number of carbonyl (C=O) groups excluding carboxylic acids is 1. The maximum atomic E-state index is 15.7. The summed E-state index contributed by atoms with van der Waals surface area (Å²) in [6.45, 7) is 8.24. The number of rotatable bonds is 6. The second-order valence-corrected chi connectivity index (χ2v) is 12.6. The molecule has 4 aromatic rings. The van der Waals surface area contributed by atoms with E-state index in [9.17, 15) is 18.0 Å². The Hall–Kier alpha value is -4.17. The molecule has 1 aromatic carbocycles. The fourth-order valence-electron chi connectivity index (χ4n) is 5.12. The molecule has 3 aromatic heterocycles. The second-order valence-electron chi connectivity index (χ2n) is 9.73. The van der Waals surface area contributed by atoms with Crippen molar-refractivity contribution in [2.45, 2.75) is 31.2 Å². The zero-order valence-corrected chi connectivity index (χ0v) is 24.3. The lowest BCUT2D eigenvalue weighted by Crippen LogP contribution is -2.54. The number of piperazine rings is 1. The highest BCUT2D eigenvalue weighted by Gasteiger charge is 2.31. The predicted octanol–water partition coefficient (Wildman–Crippen LogP) is 2.81. The fraction of sp³-hybridized carbons (Fsp3) is 0.296. The maximum absolute atomic E-state index is 15.7. The lowest BCUT2D eigenvalue weighted by molar-refractivity contribution is -0.126. The molecule has 1 aliphatic rings. The summed E-state index contributed by atoms with van der Waals surface area (Å²) in [7, 11) is -3.80. The van der Waals surface area contributed by atoms with E-state index in [0.29, 0.717) is 31.6 Å². The molecule has 11 nitrogen and oxygen atoms in total. The van der Waals surface area contributed by atoms with Crippen LogP contribution in [0.4, 0.5) is 16.0 Å². The lowest BCUT2D eigenvalue weighted by Gasteiger charge is -2.40. The zero-order valence-electron chi connectivity index (χ0n) is 22.7. The first-order valence-electron chi connectivity index (χ1n) is 12.8. The molecule has 4 heterocycles. The number of nitrogens with two attached hydrogens (primary N) is 1. The van der Waals surface area contributed by atoms with E-state index in [1.807, 2.05) is 18.7 Å². The number of nitrogen functional groups attached to an aromatic ring is 1. The molecule has 214 valence electrons. The van der Waals surface area contributed by atoms with Gasteiger partial charge in [-0.1, -0.05) is 25.6 Å². The van der Waals surface area contributed by atoms with Crippen molar-refractivity contribution in [2.75, 3.05) is 36.5 Å². The van der Waals surface area contributed by atoms with Gasteiger partial charge in [-0.3, -0.25) is 4.79 Å². The Morgan fingerprint density at radius 1 is 1.29 bits per heavy atom. The van der Waals surface area contributed by atoms with Gasteiger partial charge in [0.05, 0.1) is 26.4 Å². The van der Waals surface area contributed by atoms with E-state index in [1.54, 1.807) is 17.0 Å². The van der Waals surface area contributed by atoms with Crippen LogP contribution in [0.25, 0.3) is 27.3 Å². The molecule has 1 atom stereocenters. The smallest absolute Gasteiger partial charge is 0.355 e. The van der Waals surface area contributed by atoms with E-state index in [1.165, 1.54) is 23.7 Å². The number of anilines is 2. The van der Waals surface area contributed by atoms with Crippen molar-refractivity contribution in [2.24, 2.45) is 0 Å². The normalized spacial score (nSPS) is 15.9. The zero-order chi connectivity index (χ0) is 29.6. The number of para-hydroxylation sites is 1. The van der Waals surface area contributed by atoms with E-state index in [2.05, 4.69) is 21.5 Å². The summed E-state index contributed by atoms with van der Waals surface area (Å²) in [6.07, 6.45) is 2.71. The van der Waals surface area contributed by atoms with Gasteiger partial charge < -0.3 is 15.5 Å². The minimum atomic E-state index is -3.80. The summed E-state index contributed by atoms with van der Waals surface area (Å²) in [6, 6.07) is 5.69. The van der Waals surface area contributed by atoms with Gasteiger partial charge in [0.1, 0.15) is 17.3 Å². The van der Waals surface area contributed by atoms with Gasteiger partial charge in [-0.25, -0.2) is 32.1 Å². The first kappa shape index (κ1) is 28.4. The molecular weight excluding hydrogens is 569 g/mol. The van der Waals surface area contributed by atoms with E-state index in [-0.39, 0.29) is 55.8 Å². The Morgan fingerprint density at radius 2 is 2.05 bits per heavy atom. The third-order valence-corrected chi connectivity index (χ3v) is 9.06.